The average Bonchev–Trinajstić information content (AvgIpc) is 3.07. The van der Waals surface area contributed by atoms with Crippen molar-refractivity contribution in [2.45, 2.75) is 78.8 Å². The summed E-state index contributed by atoms with van der Waals surface area (Å²) in [5.41, 5.74) is 0.0561. The molecule has 6 nitrogen and oxygen atoms in total. The maximum Gasteiger partial charge on any atom is 0.216 e. The van der Waals surface area contributed by atoms with Gasteiger partial charge in [-0.15, -0.1) is 0 Å². The van der Waals surface area contributed by atoms with E-state index in [9.17, 15) is 0 Å². The van der Waals surface area contributed by atoms with E-state index in [4.69, 9.17) is 4.42 Å². The highest BCUT2D eigenvalue weighted by molar-refractivity contribution is 5.79. The molecule has 1 atom stereocenters. The number of guanidine groups is 1. The smallest absolute Gasteiger partial charge is 0.216 e. The SMILES string of the molecule is CCNC(=NCc1ncc(C(C)(C)C)o1)NCC(C)(C)N1CCCC(C)C1. The second kappa shape index (κ2) is 9.09. The van der Waals surface area contributed by atoms with Crippen LogP contribution in [0.1, 0.15) is 73.0 Å². The zero-order valence-electron chi connectivity index (χ0n) is 18.4. The van der Waals surface area contributed by atoms with Crippen molar-refractivity contribution >= 4 is 5.96 Å². The number of hydrogen-bond donors (Lipinski definition) is 2. The number of likely N-dealkylation sites (tertiary alicyclic amines) is 1. The normalized spacial score (nSPS) is 20.0. The Labute approximate surface area is 165 Å². The quantitative estimate of drug-likeness (QED) is 0.586. The summed E-state index contributed by atoms with van der Waals surface area (Å²) >= 11 is 0. The zero-order valence-corrected chi connectivity index (χ0v) is 18.4. The third-order valence-corrected chi connectivity index (χ3v) is 5.21. The summed E-state index contributed by atoms with van der Waals surface area (Å²) in [6, 6.07) is 0. The molecule has 2 N–H and O–H groups in total. The van der Waals surface area contributed by atoms with Crippen molar-refractivity contribution < 1.29 is 4.42 Å². The van der Waals surface area contributed by atoms with E-state index >= 15 is 0 Å². The number of aromatic nitrogens is 1. The fourth-order valence-electron chi connectivity index (χ4n) is 3.37. The van der Waals surface area contributed by atoms with Crippen LogP contribution in [0.3, 0.4) is 0 Å². The van der Waals surface area contributed by atoms with Gasteiger partial charge >= 0.3 is 0 Å². The van der Waals surface area contributed by atoms with Gasteiger partial charge in [0.15, 0.2) is 5.96 Å². The molecule has 1 aromatic heterocycles. The van der Waals surface area contributed by atoms with E-state index in [1.54, 1.807) is 0 Å². The molecule has 0 bridgehead atoms. The average molecular weight is 378 g/mol. The Morgan fingerprint density at radius 3 is 2.63 bits per heavy atom. The number of rotatable bonds is 6. The van der Waals surface area contributed by atoms with Crippen LogP contribution in [0.4, 0.5) is 0 Å². The molecule has 1 aromatic rings. The third kappa shape index (κ3) is 6.52. The summed E-state index contributed by atoms with van der Waals surface area (Å²) in [5.74, 6) is 3.14. The van der Waals surface area contributed by atoms with Crippen LogP contribution in [-0.2, 0) is 12.0 Å². The lowest BCUT2D eigenvalue weighted by atomic mass is 9.93. The van der Waals surface area contributed by atoms with Gasteiger partial charge < -0.3 is 15.1 Å². The molecule has 0 amide bonds. The Balaban J connectivity index is 1.95. The van der Waals surface area contributed by atoms with Gasteiger partial charge in [-0.05, 0) is 46.1 Å². The van der Waals surface area contributed by atoms with Crippen LogP contribution < -0.4 is 10.6 Å². The Hall–Kier alpha value is -1.56. The van der Waals surface area contributed by atoms with Crippen molar-refractivity contribution in [2.75, 3.05) is 26.2 Å². The molecular weight excluding hydrogens is 338 g/mol. The highest BCUT2D eigenvalue weighted by atomic mass is 16.4. The van der Waals surface area contributed by atoms with Crippen molar-refractivity contribution in [3.8, 4) is 0 Å². The van der Waals surface area contributed by atoms with Crippen LogP contribution in [0.15, 0.2) is 15.6 Å². The van der Waals surface area contributed by atoms with Crippen molar-refractivity contribution in [1.82, 2.24) is 20.5 Å². The van der Waals surface area contributed by atoms with E-state index in [0.717, 1.165) is 30.7 Å². The Morgan fingerprint density at radius 1 is 1.30 bits per heavy atom. The van der Waals surface area contributed by atoms with Crippen molar-refractivity contribution in [1.29, 1.82) is 0 Å². The predicted molar refractivity (Wildman–Crippen MR) is 112 cm³/mol. The molecule has 0 aromatic carbocycles. The van der Waals surface area contributed by atoms with Crippen LogP contribution in [-0.4, -0.2) is 47.6 Å². The van der Waals surface area contributed by atoms with Crippen molar-refractivity contribution in [3.05, 3.63) is 17.8 Å². The van der Waals surface area contributed by atoms with Crippen molar-refractivity contribution in [2.24, 2.45) is 10.9 Å². The topological polar surface area (TPSA) is 65.7 Å². The minimum atomic E-state index is -0.0344. The largest absolute Gasteiger partial charge is 0.443 e. The fourth-order valence-corrected chi connectivity index (χ4v) is 3.37. The maximum absolute atomic E-state index is 5.85. The highest BCUT2D eigenvalue weighted by Gasteiger charge is 2.30. The van der Waals surface area contributed by atoms with E-state index < -0.39 is 0 Å². The van der Waals surface area contributed by atoms with Gasteiger partial charge in [-0.25, -0.2) is 9.98 Å². The molecule has 2 heterocycles. The molecule has 6 heteroatoms. The van der Waals surface area contributed by atoms with Gasteiger partial charge in [-0.1, -0.05) is 27.7 Å². The molecule has 2 rings (SSSR count). The Morgan fingerprint density at radius 2 is 2.04 bits per heavy atom. The molecule has 0 aliphatic carbocycles. The minimum Gasteiger partial charge on any atom is -0.443 e. The summed E-state index contributed by atoms with van der Waals surface area (Å²) in [6.45, 7) is 19.9. The van der Waals surface area contributed by atoms with Gasteiger partial charge in [0.1, 0.15) is 12.3 Å². The molecule has 0 saturated carbocycles. The molecule has 1 aliphatic heterocycles. The first kappa shape index (κ1) is 21.7. The fraction of sp³-hybridized carbons (Fsp3) is 0.810. The number of nitrogens with zero attached hydrogens (tertiary/aromatic N) is 3. The molecule has 154 valence electrons. The molecule has 0 spiro atoms. The Bertz CT molecular complexity index is 614. The van der Waals surface area contributed by atoms with Gasteiger partial charge in [-0.2, -0.15) is 0 Å². The maximum atomic E-state index is 5.85. The highest BCUT2D eigenvalue weighted by Crippen LogP contribution is 2.24. The summed E-state index contributed by atoms with van der Waals surface area (Å²) in [4.78, 5) is 11.6. The summed E-state index contributed by atoms with van der Waals surface area (Å²) in [7, 11) is 0. The second-order valence-corrected chi connectivity index (χ2v) is 9.42. The lowest BCUT2D eigenvalue weighted by Crippen LogP contribution is -2.56. The van der Waals surface area contributed by atoms with E-state index in [2.05, 4.69) is 74.0 Å². The first-order chi connectivity index (χ1) is 12.6. The standard InChI is InChI=1S/C21H39N5O/c1-8-22-19(24-13-18-23-12-17(27-18)20(3,4)5)25-15-21(6,7)26-11-9-10-16(2)14-26/h12,16H,8-11,13-15H2,1-7H3,(H2,22,24,25). The number of piperidine rings is 1. The minimum absolute atomic E-state index is 0.0344. The van der Waals surface area contributed by atoms with Crippen LogP contribution in [0.2, 0.25) is 0 Å². The van der Waals surface area contributed by atoms with Gasteiger partial charge in [0.2, 0.25) is 5.89 Å². The molecule has 1 unspecified atom stereocenters. The van der Waals surface area contributed by atoms with E-state index in [-0.39, 0.29) is 11.0 Å². The molecule has 0 radical (unpaired) electrons. The lowest BCUT2D eigenvalue weighted by Gasteiger charge is -2.43. The lowest BCUT2D eigenvalue weighted by molar-refractivity contribution is 0.0739. The molecular formula is C21H39N5O. The van der Waals surface area contributed by atoms with Gasteiger partial charge in [0.25, 0.3) is 0 Å². The van der Waals surface area contributed by atoms with Crippen molar-refractivity contribution in [3.63, 3.8) is 0 Å². The number of hydrogen-bond acceptors (Lipinski definition) is 4. The Kier molecular flexibility index (Phi) is 7.32. The summed E-state index contributed by atoms with van der Waals surface area (Å²) in [5, 5.41) is 6.83. The van der Waals surface area contributed by atoms with E-state index in [1.807, 2.05) is 6.20 Å². The van der Waals surface area contributed by atoms with Gasteiger partial charge in [-0.3, -0.25) is 4.90 Å². The second-order valence-electron chi connectivity index (χ2n) is 9.42. The summed E-state index contributed by atoms with van der Waals surface area (Å²) in [6.07, 6.45) is 4.45. The molecule has 1 saturated heterocycles. The first-order valence-corrected chi connectivity index (χ1v) is 10.3. The molecule has 27 heavy (non-hydrogen) atoms. The van der Waals surface area contributed by atoms with Crippen LogP contribution in [0.5, 0.6) is 0 Å². The van der Waals surface area contributed by atoms with Crippen LogP contribution in [0.25, 0.3) is 0 Å². The third-order valence-electron chi connectivity index (χ3n) is 5.21. The first-order valence-electron chi connectivity index (χ1n) is 10.3. The van der Waals surface area contributed by atoms with E-state index in [1.165, 1.54) is 25.9 Å². The van der Waals surface area contributed by atoms with E-state index in [0.29, 0.717) is 12.4 Å². The van der Waals surface area contributed by atoms with Gasteiger partial charge in [0, 0.05) is 30.6 Å². The van der Waals surface area contributed by atoms with Crippen LogP contribution in [0, 0.1) is 5.92 Å². The number of aliphatic imine (C=N–C) groups is 1. The molecule has 1 aliphatic rings. The predicted octanol–water partition coefficient (Wildman–Crippen LogP) is 3.54. The monoisotopic (exact) mass is 377 g/mol. The molecule has 1 fully saturated rings. The number of oxazole rings is 1. The summed E-state index contributed by atoms with van der Waals surface area (Å²) < 4.78 is 5.85. The number of nitrogens with one attached hydrogen (secondary N) is 2. The van der Waals surface area contributed by atoms with Gasteiger partial charge in [0.05, 0.1) is 6.20 Å². The zero-order chi connectivity index (χ0) is 20.1. The van der Waals surface area contributed by atoms with Crippen LogP contribution >= 0.6 is 0 Å².